The van der Waals surface area contributed by atoms with Gasteiger partial charge in [0.05, 0.1) is 5.69 Å². The van der Waals surface area contributed by atoms with Gasteiger partial charge in [0, 0.05) is 29.6 Å². The Morgan fingerprint density at radius 3 is 2.67 bits per heavy atom. The third kappa shape index (κ3) is 3.95. The molecule has 1 aromatic heterocycles. The molecule has 3 aromatic rings. The van der Waals surface area contributed by atoms with Gasteiger partial charge >= 0.3 is 0 Å². The predicted molar refractivity (Wildman–Crippen MR) is 108 cm³/mol. The number of carbonyl (C=O) groups is 2. The maximum absolute atomic E-state index is 12.9. The third-order valence-electron chi connectivity index (χ3n) is 5.44. The van der Waals surface area contributed by atoms with E-state index in [0.717, 1.165) is 42.1 Å². The summed E-state index contributed by atoms with van der Waals surface area (Å²) in [6, 6.07) is 15.3. The van der Waals surface area contributed by atoms with E-state index in [4.69, 9.17) is 0 Å². The fourth-order valence-corrected chi connectivity index (χ4v) is 3.93. The third-order valence-corrected chi connectivity index (χ3v) is 5.44. The van der Waals surface area contributed by atoms with E-state index in [9.17, 15) is 9.59 Å². The molecule has 0 atom stereocenters. The molecule has 0 saturated heterocycles. The van der Waals surface area contributed by atoms with Gasteiger partial charge in [-0.15, -0.1) is 0 Å². The molecule has 4 rings (SSSR count). The van der Waals surface area contributed by atoms with Crippen molar-refractivity contribution in [1.82, 2.24) is 4.98 Å². The largest absolute Gasteiger partial charge is 0.361 e. The van der Waals surface area contributed by atoms with Crippen LogP contribution in [0.4, 0.5) is 5.69 Å². The van der Waals surface area contributed by atoms with Crippen LogP contribution in [0.2, 0.25) is 0 Å². The lowest BCUT2D eigenvalue weighted by atomic mass is 9.88. The van der Waals surface area contributed by atoms with Crippen molar-refractivity contribution in [3.63, 3.8) is 0 Å². The molecule has 0 aliphatic heterocycles. The van der Waals surface area contributed by atoms with Crippen LogP contribution in [-0.2, 0) is 11.2 Å². The monoisotopic (exact) mass is 360 g/mol. The maximum atomic E-state index is 12.9. The molecule has 27 heavy (non-hydrogen) atoms. The quantitative estimate of drug-likeness (QED) is 0.621. The van der Waals surface area contributed by atoms with Crippen molar-refractivity contribution in [3.8, 4) is 0 Å². The first-order valence-electron chi connectivity index (χ1n) is 9.70. The van der Waals surface area contributed by atoms with Crippen LogP contribution in [0.15, 0.2) is 54.7 Å². The average Bonchev–Trinajstić information content (AvgIpc) is 3.17. The van der Waals surface area contributed by atoms with E-state index >= 15 is 0 Å². The highest BCUT2D eigenvalue weighted by atomic mass is 16.2. The topological polar surface area (TPSA) is 62.0 Å². The number of amides is 1. The van der Waals surface area contributed by atoms with Gasteiger partial charge in [-0.2, -0.15) is 0 Å². The summed E-state index contributed by atoms with van der Waals surface area (Å²) in [5.74, 6) is 0.131. The van der Waals surface area contributed by atoms with Crippen LogP contribution in [0.3, 0.4) is 0 Å². The summed E-state index contributed by atoms with van der Waals surface area (Å²) in [4.78, 5) is 28.7. The Balaban J connectivity index is 1.50. The number of aromatic amines is 1. The summed E-state index contributed by atoms with van der Waals surface area (Å²) < 4.78 is 0. The van der Waals surface area contributed by atoms with Crippen molar-refractivity contribution < 1.29 is 9.59 Å². The van der Waals surface area contributed by atoms with Gasteiger partial charge in [0.25, 0.3) is 0 Å². The Hall–Kier alpha value is -2.88. The van der Waals surface area contributed by atoms with Gasteiger partial charge in [-0.05, 0) is 54.1 Å². The van der Waals surface area contributed by atoms with Crippen LogP contribution in [0.25, 0.3) is 10.9 Å². The highest BCUT2D eigenvalue weighted by molar-refractivity contribution is 6.06. The number of ketones is 1. The second-order valence-corrected chi connectivity index (χ2v) is 7.37. The van der Waals surface area contributed by atoms with Crippen LogP contribution >= 0.6 is 0 Å². The molecule has 138 valence electrons. The summed E-state index contributed by atoms with van der Waals surface area (Å²) in [5.41, 5.74) is 3.24. The standard InChI is InChI=1S/C23H24N2O2/c26-22(15-16-10-11-20-18(14-16)12-13-24-20)19-8-4-5-9-21(19)25-23(27)17-6-2-1-3-7-17/h4-5,8-14,17,24H,1-3,6-7,15H2,(H,25,27). The summed E-state index contributed by atoms with van der Waals surface area (Å²) in [7, 11) is 0. The van der Waals surface area contributed by atoms with Crippen LogP contribution in [0.5, 0.6) is 0 Å². The fraction of sp³-hybridized carbons (Fsp3) is 0.304. The van der Waals surface area contributed by atoms with E-state index in [-0.39, 0.29) is 17.6 Å². The minimum absolute atomic E-state index is 0.0180. The minimum atomic E-state index is 0.0180. The van der Waals surface area contributed by atoms with Crippen LogP contribution in [-0.4, -0.2) is 16.7 Å². The molecule has 1 fully saturated rings. The molecule has 0 radical (unpaired) electrons. The van der Waals surface area contributed by atoms with Gasteiger partial charge in [-0.3, -0.25) is 9.59 Å². The Morgan fingerprint density at radius 2 is 1.81 bits per heavy atom. The lowest BCUT2D eigenvalue weighted by molar-refractivity contribution is -0.120. The van der Waals surface area contributed by atoms with E-state index in [0.29, 0.717) is 17.7 Å². The molecule has 2 aromatic carbocycles. The number of fused-ring (bicyclic) bond motifs is 1. The first kappa shape index (κ1) is 17.5. The van der Waals surface area contributed by atoms with E-state index in [2.05, 4.69) is 10.3 Å². The number of hydrogen-bond donors (Lipinski definition) is 2. The number of H-pyrrole nitrogens is 1. The summed E-state index contributed by atoms with van der Waals surface area (Å²) >= 11 is 0. The zero-order valence-electron chi connectivity index (χ0n) is 15.3. The first-order chi connectivity index (χ1) is 13.2. The highest BCUT2D eigenvalue weighted by Gasteiger charge is 2.22. The number of rotatable bonds is 5. The van der Waals surface area contributed by atoms with Gasteiger partial charge in [0.15, 0.2) is 5.78 Å². The van der Waals surface area contributed by atoms with Crippen molar-refractivity contribution in [2.24, 2.45) is 5.92 Å². The van der Waals surface area contributed by atoms with E-state index < -0.39 is 0 Å². The minimum Gasteiger partial charge on any atom is -0.361 e. The number of para-hydroxylation sites is 1. The SMILES string of the molecule is O=C(Cc1ccc2[nH]ccc2c1)c1ccccc1NC(=O)C1CCCCC1. The number of carbonyl (C=O) groups excluding carboxylic acids is 2. The lowest BCUT2D eigenvalue weighted by Crippen LogP contribution is -2.25. The molecule has 1 amide bonds. The number of Topliss-reactive ketones (excluding diaryl/α,β-unsaturated/α-hetero) is 1. The highest BCUT2D eigenvalue weighted by Crippen LogP contribution is 2.26. The van der Waals surface area contributed by atoms with Gasteiger partial charge in [-0.1, -0.05) is 37.5 Å². The summed E-state index contributed by atoms with van der Waals surface area (Å²) in [6.45, 7) is 0. The average molecular weight is 360 g/mol. The number of nitrogens with one attached hydrogen (secondary N) is 2. The lowest BCUT2D eigenvalue weighted by Gasteiger charge is -2.21. The van der Waals surface area contributed by atoms with Crippen molar-refractivity contribution in [2.75, 3.05) is 5.32 Å². The molecule has 1 aliphatic rings. The van der Waals surface area contributed by atoms with Crippen molar-refractivity contribution in [3.05, 3.63) is 65.9 Å². The van der Waals surface area contributed by atoms with Crippen LogP contribution in [0, 0.1) is 5.92 Å². The van der Waals surface area contributed by atoms with E-state index in [1.807, 2.05) is 48.7 Å². The van der Waals surface area contributed by atoms with Gasteiger partial charge < -0.3 is 10.3 Å². The Labute approximate surface area is 159 Å². The Morgan fingerprint density at radius 1 is 1.00 bits per heavy atom. The van der Waals surface area contributed by atoms with E-state index in [1.54, 1.807) is 6.07 Å². The number of anilines is 1. The summed E-state index contributed by atoms with van der Waals surface area (Å²) in [5, 5.41) is 4.10. The molecule has 0 unspecified atom stereocenters. The van der Waals surface area contributed by atoms with Crippen LogP contribution < -0.4 is 5.32 Å². The van der Waals surface area contributed by atoms with Gasteiger partial charge in [0.1, 0.15) is 0 Å². The molecular formula is C23H24N2O2. The second kappa shape index (κ2) is 7.78. The fourth-order valence-electron chi connectivity index (χ4n) is 3.93. The Bertz CT molecular complexity index is 967. The first-order valence-corrected chi connectivity index (χ1v) is 9.70. The normalized spacial score (nSPS) is 15.0. The molecule has 1 saturated carbocycles. The number of benzene rings is 2. The van der Waals surface area contributed by atoms with Gasteiger partial charge in [0.2, 0.25) is 5.91 Å². The van der Waals surface area contributed by atoms with Crippen molar-refractivity contribution >= 4 is 28.3 Å². The van der Waals surface area contributed by atoms with Crippen LogP contribution in [0.1, 0.15) is 48.0 Å². The predicted octanol–water partition coefficient (Wildman–Crippen LogP) is 5.11. The zero-order chi connectivity index (χ0) is 18.6. The molecule has 0 spiro atoms. The van der Waals surface area contributed by atoms with Gasteiger partial charge in [-0.25, -0.2) is 0 Å². The van der Waals surface area contributed by atoms with Crippen molar-refractivity contribution in [1.29, 1.82) is 0 Å². The maximum Gasteiger partial charge on any atom is 0.227 e. The second-order valence-electron chi connectivity index (χ2n) is 7.37. The molecular weight excluding hydrogens is 336 g/mol. The zero-order valence-corrected chi connectivity index (χ0v) is 15.3. The van der Waals surface area contributed by atoms with E-state index in [1.165, 1.54) is 6.42 Å². The molecule has 0 bridgehead atoms. The molecule has 1 heterocycles. The number of hydrogen-bond acceptors (Lipinski definition) is 2. The molecule has 1 aliphatic carbocycles. The molecule has 2 N–H and O–H groups in total. The molecule has 4 heteroatoms. The molecule has 4 nitrogen and oxygen atoms in total. The number of aromatic nitrogens is 1. The smallest absolute Gasteiger partial charge is 0.227 e. The van der Waals surface area contributed by atoms with Crippen molar-refractivity contribution in [2.45, 2.75) is 38.5 Å². The Kier molecular flexibility index (Phi) is 5.05. The summed E-state index contributed by atoms with van der Waals surface area (Å²) in [6.07, 6.45) is 7.53.